The number of hydrogen-bond donors (Lipinski definition) is 1. The van der Waals surface area contributed by atoms with Crippen LogP contribution in [0.4, 0.5) is 0 Å². The largest absolute Gasteiger partial charge is 0.323 e. The Morgan fingerprint density at radius 1 is 1.21 bits per heavy atom. The zero-order valence-electron chi connectivity index (χ0n) is 12.1. The van der Waals surface area contributed by atoms with E-state index in [9.17, 15) is 0 Å². The molecule has 0 radical (unpaired) electrons. The number of rotatable bonds is 7. The Kier molecular flexibility index (Phi) is 5.41. The molecular formula is C17H25NS. The first-order valence-electron chi connectivity index (χ1n) is 7.48. The third-order valence-corrected chi connectivity index (χ3v) is 5.19. The third-order valence-electron chi connectivity index (χ3n) is 3.94. The smallest absolute Gasteiger partial charge is 0.0392 e. The summed E-state index contributed by atoms with van der Waals surface area (Å²) in [6.07, 6.45) is 6.32. The molecule has 1 nitrogen and oxygen atoms in total. The van der Waals surface area contributed by atoms with E-state index in [4.69, 9.17) is 5.73 Å². The van der Waals surface area contributed by atoms with Crippen LogP contribution in [0.5, 0.6) is 0 Å². The van der Waals surface area contributed by atoms with Crippen LogP contribution < -0.4 is 5.73 Å². The molecule has 2 aromatic rings. The van der Waals surface area contributed by atoms with Crippen molar-refractivity contribution in [3.8, 4) is 0 Å². The minimum absolute atomic E-state index is 0.208. The van der Waals surface area contributed by atoms with Crippen molar-refractivity contribution in [2.24, 2.45) is 11.7 Å². The van der Waals surface area contributed by atoms with Crippen LogP contribution in [0.1, 0.15) is 56.9 Å². The van der Waals surface area contributed by atoms with Gasteiger partial charge in [0.15, 0.2) is 0 Å². The molecule has 2 unspecified atom stereocenters. The summed E-state index contributed by atoms with van der Waals surface area (Å²) in [7, 11) is 0. The van der Waals surface area contributed by atoms with Crippen LogP contribution in [0.2, 0.25) is 0 Å². The highest BCUT2D eigenvalue weighted by molar-refractivity contribution is 7.19. The van der Waals surface area contributed by atoms with E-state index in [1.807, 2.05) is 11.3 Å². The van der Waals surface area contributed by atoms with Crippen LogP contribution in [0.25, 0.3) is 10.1 Å². The molecule has 0 spiro atoms. The first kappa shape index (κ1) is 14.5. The lowest BCUT2D eigenvalue weighted by Crippen LogP contribution is -2.14. The fourth-order valence-electron chi connectivity index (χ4n) is 2.64. The van der Waals surface area contributed by atoms with Crippen molar-refractivity contribution >= 4 is 21.4 Å². The quantitative estimate of drug-likeness (QED) is 0.708. The van der Waals surface area contributed by atoms with Crippen LogP contribution in [0.3, 0.4) is 0 Å². The molecule has 0 aliphatic rings. The first-order valence-corrected chi connectivity index (χ1v) is 8.30. The second-order valence-corrected chi connectivity index (χ2v) is 6.56. The van der Waals surface area contributed by atoms with Gasteiger partial charge < -0.3 is 5.73 Å². The fourth-order valence-corrected chi connectivity index (χ4v) is 3.72. The Bertz CT molecular complexity index is 470. The second kappa shape index (κ2) is 7.06. The van der Waals surface area contributed by atoms with Crippen molar-refractivity contribution in [1.82, 2.24) is 0 Å². The highest BCUT2D eigenvalue weighted by Gasteiger charge is 2.15. The molecule has 104 valence electrons. The predicted octanol–water partition coefficient (Wildman–Crippen LogP) is 5.51. The zero-order chi connectivity index (χ0) is 13.7. The Hall–Kier alpha value is -0.860. The van der Waals surface area contributed by atoms with Gasteiger partial charge >= 0.3 is 0 Å². The van der Waals surface area contributed by atoms with Crippen molar-refractivity contribution in [2.75, 3.05) is 0 Å². The molecule has 0 saturated heterocycles. The second-order valence-electron chi connectivity index (χ2n) is 5.45. The molecule has 0 fully saturated rings. The third kappa shape index (κ3) is 3.80. The minimum Gasteiger partial charge on any atom is -0.323 e. The summed E-state index contributed by atoms with van der Waals surface area (Å²) < 4.78 is 1.36. The van der Waals surface area contributed by atoms with E-state index in [2.05, 4.69) is 44.2 Å². The van der Waals surface area contributed by atoms with Crippen LogP contribution in [-0.4, -0.2) is 0 Å². The van der Waals surface area contributed by atoms with Crippen molar-refractivity contribution in [2.45, 2.75) is 52.0 Å². The van der Waals surface area contributed by atoms with Crippen LogP contribution in [0.15, 0.2) is 30.3 Å². The number of fused-ring (bicyclic) bond motifs is 1. The van der Waals surface area contributed by atoms with Gasteiger partial charge in [-0.3, -0.25) is 0 Å². The summed E-state index contributed by atoms with van der Waals surface area (Å²) in [5, 5.41) is 1.33. The molecule has 1 aromatic heterocycles. The molecule has 2 atom stereocenters. The van der Waals surface area contributed by atoms with Gasteiger partial charge in [-0.1, -0.05) is 57.7 Å². The Morgan fingerprint density at radius 2 is 2.00 bits per heavy atom. The standard InChI is InChI=1S/C17H25NS/c1-3-5-8-13(4-2)11-15(18)17-12-14-9-6-7-10-16(14)19-17/h6-7,9-10,12-13,15H,3-5,8,11,18H2,1-2H3. The van der Waals surface area contributed by atoms with Gasteiger partial charge in [0.25, 0.3) is 0 Å². The normalized spacial score (nSPS) is 14.7. The molecular weight excluding hydrogens is 250 g/mol. The number of unbranched alkanes of at least 4 members (excludes halogenated alkanes) is 1. The lowest BCUT2D eigenvalue weighted by molar-refractivity contribution is 0.390. The molecule has 1 heterocycles. The maximum Gasteiger partial charge on any atom is 0.0392 e. The molecule has 0 saturated carbocycles. The van der Waals surface area contributed by atoms with Crippen molar-refractivity contribution in [3.05, 3.63) is 35.2 Å². The Labute approximate surface area is 120 Å². The lowest BCUT2D eigenvalue weighted by atomic mass is 9.92. The van der Waals surface area contributed by atoms with Crippen LogP contribution >= 0.6 is 11.3 Å². The van der Waals surface area contributed by atoms with Gasteiger partial charge in [-0.2, -0.15) is 0 Å². The summed E-state index contributed by atoms with van der Waals surface area (Å²) >= 11 is 1.86. The van der Waals surface area contributed by atoms with E-state index in [1.54, 1.807) is 0 Å². The molecule has 0 bridgehead atoms. The molecule has 2 N–H and O–H groups in total. The molecule has 0 aliphatic heterocycles. The highest BCUT2D eigenvalue weighted by Crippen LogP contribution is 2.33. The summed E-state index contributed by atoms with van der Waals surface area (Å²) in [5.41, 5.74) is 6.42. The fraction of sp³-hybridized carbons (Fsp3) is 0.529. The average molecular weight is 275 g/mol. The maximum absolute atomic E-state index is 6.42. The monoisotopic (exact) mass is 275 g/mol. The molecule has 1 aromatic carbocycles. The van der Waals surface area contributed by atoms with E-state index in [0.29, 0.717) is 0 Å². The SMILES string of the molecule is CCCCC(CC)CC(N)c1cc2ccccc2s1. The van der Waals surface area contributed by atoms with Crippen molar-refractivity contribution < 1.29 is 0 Å². The molecule has 2 rings (SSSR count). The summed E-state index contributed by atoms with van der Waals surface area (Å²) in [5.74, 6) is 0.778. The number of hydrogen-bond acceptors (Lipinski definition) is 2. The lowest BCUT2D eigenvalue weighted by Gasteiger charge is -2.18. The van der Waals surface area contributed by atoms with E-state index in [0.717, 1.165) is 12.3 Å². The number of nitrogens with two attached hydrogens (primary N) is 1. The van der Waals surface area contributed by atoms with Crippen molar-refractivity contribution in [3.63, 3.8) is 0 Å². The van der Waals surface area contributed by atoms with E-state index in [1.165, 1.54) is 40.6 Å². The summed E-state index contributed by atoms with van der Waals surface area (Å²) in [6, 6.07) is 11.0. The van der Waals surface area contributed by atoms with Crippen LogP contribution in [0, 0.1) is 5.92 Å². The molecule has 19 heavy (non-hydrogen) atoms. The zero-order valence-corrected chi connectivity index (χ0v) is 12.9. The Balaban J connectivity index is 2.03. The minimum atomic E-state index is 0.208. The van der Waals surface area contributed by atoms with E-state index >= 15 is 0 Å². The summed E-state index contributed by atoms with van der Waals surface area (Å²) in [6.45, 7) is 4.55. The Morgan fingerprint density at radius 3 is 2.68 bits per heavy atom. The van der Waals surface area contributed by atoms with Gasteiger partial charge in [0, 0.05) is 15.6 Å². The maximum atomic E-state index is 6.42. The molecule has 0 aliphatic carbocycles. The predicted molar refractivity (Wildman–Crippen MR) is 86.7 cm³/mol. The average Bonchev–Trinajstić information content (AvgIpc) is 2.87. The van der Waals surface area contributed by atoms with Gasteiger partial charge in [-0.05, 0) is 29.9 Å². The molecule has 0 amide bonds. The number of benzene rings is 1. The topological polar surface area (TPSA) is 26.0 Å². The van der Waals surface area contributed by atoms with Gasteiger partial charge in [0.1, 0.15) is 0 Å². The van der Waals surface area contributed by atoms with Gasteiger partial charge in [0.05, 0.1) is 0 Å². The van der Waals surface area contributed by atoms with Gasteiger partial charge in [-0.15, -0.1) is 11.3 Å². The van der Waals surface area contributed by atoms with Crippen molar-refractivity contribution in [1.29, 1.82) is 0 Å². The number of thiophene rings is 1. The van der Waals surface area contributed by atoms with Gasteiger partial charge in [-0.25, -0.2) is 0 Å². The van der Waals surface area contributed by atoms with Crippen LogP contribution in [-0.2, 0) is 0 Å². The first-order chi connectivity index (χ1) is 9.24. The highest BCUT2D eigenvalue weighted by atomic mass is 32.1. The van der Waals surface area contributed by atoms with Gasteiger partial charge in [0.2, 0.25) is 0 Å². The summed E-state index contributed by atoms with van der Waals surface area (Å²) in [4.78, 5) is 1.34. The van der Waals surface area contributed by atoms with E-state index in [-0.39, 0.29) is 6.04 Å². The van der Waals surface area contributed by atoms with E-state index < -0.39 is 0 Å². The molecule has 2 heteroatoms.